The number of carboxylic acid groups (broad SMARTS) is 1. The van der Waals surface area contributed by atoms with Crippen molar-refractivity contribution in [2.24, 2.45) is 0 Å². The highest BCUT2D eigenvalue weighted by Crippen LogP contribution is 2.15. The van der Waals surface area contributed by atoms with E-state index in [-0.39, 0.29) is 25.0 Å². The molecular weight excluding hydrogens is 258 g/mol. The second-order valence-electron chi connectivity index (χ2n) is 5.01. The maximum Gasteiger partial charge on any atom is 0.303 e. The average Bonchev–Trinajstić information content (AvgIpc) is 2.33. The predicted octanol–water partition coefficient (Wildman–Crippen LogP) is 2.05. The van der Waals surface area contributed by atoms with Gasteiger partial charge in [0, 0.05) is 12.5 Å². The van der Waals surface area contributed by atoms with Crippen molar-refractivity contribution in [2.45, 2.75) is 39.7 Å². The molecule has 0 radical (unpaired) electrons. The van der Waals surface area contributed by atoms with Gasteiger partial charge >= 0.3 is 5.97 Å². The molecule has 5 heteroatoms. The highest BCUT2D eigenvalue weighted by Gasteiger charge is 2.10. The molecule has 0 aromatic heterocycles. The van der Waals surface area contributed by atoms with Gasteiger partial charge in [-0.2, -0.15) is 0 Å². The summed E-state index contributed by atoms with van der Waals surface area (Å²) in [5.41, 5.74) is 2.16. The maximum atomic E-state index is 11.7. The topological polar surface area (TPSA) is 75.6 Å². The molecule has 0 aliphatic rings. The summed E-state index contributed by atoms with van der Waals surface area (Å²) in [6, 6.07) is 5.59. The van der Waals surface area contributed by atoms with Gasteiger partial charge in [-0.3, -0.25) is 9.59 Å². The van der Waals surface area contributed by atoms with Gasteiger partial charge in [0.1, 0.15) is 5.75 Å². The van der Waals surface area contributed by atoms with Gasteiger partial charge in [-0.1, -0.05) is 6.07 Å². The van der Waals surface area contributed by atoms with E-state index in [0.29, 0.717) is 12.2 Å². The fraction of sp³-hybridized carbons (Fsp3) is 0.467. The average molecular weight is 279 g/mol. The van der Waals surface area contributed by atoms with Crippen LogP contribution < -0.4 is 10.1 Å². The Kier molecular flexibility index (Phi) is 6.03. The fourth-order valence-electron chi connectivity index (χ4n) is 1.89. The summed E-state index contributed by atoms with van der Waals surface area (Å²) in [7, 11) is 0. The van der Waals surface area contributed by atoms with Gasteiger partial charge in [0.2, 0.25) is 0 Å². The first-order valence-electron chi connectivity index (χ1n) is 6.59. The molecule has 0 saturated heterocycles. The molecule has 5 nitrogen and oxygen atoms in total. The van der Waals surface area contributed by atoms with Crippen LogP contribution in [0.5, 0.6) is 5.75 Å². The second-order valence-corrected chi connectivity index (χ2v) is 5.01. The quantitative estimate of drug-likeness (QED) is 0.801. The molecule has 0 aliphatic carbocycles. The number of aryl methyl sites for hydroxylation is 2. The van der Waals surface area contributed by atoms with E-state index >= 15 is 0 Å². The van der Waals surface area contributed by atoms with Crippen molar-refractivity contribution in [2.75, 3.05) is 6.61 Å². The Morgan fingerprint density at radius 1 is 1.25 bits per heavy atom. The number of carbonyl (C=O) groups is 2. The SMILES string of the molecule is Cc1cc(C)cc(OCC(=O)NC(C)CCC(=O)O)c1. The van der Waals surface area contributed by atoms with Crippen LogP contribution in [-0.4, -0.2) is 29.6 Å². The predicted molar refractivity (Wildman–Crippen MR) is 75.9 cm³/mol. The zero-order chi connectivity index (χ0) is 15.1. The third-order valence-electron chi connectivity index (χ3n) is 2.76. The third kappa shape index (κ3) is 6.22. The van der Waals surface area contributed by atoms with Gasteiger partial charge in [-0.25, -0.2) is 0 Å². The summed E-state index contributed by atoms with van der Waals surface area (Å²) in [5, 5.41) is 11.3. The minimum Gasteiger partial charge on any atom is -0.484 e. The number of aliphatic carboxylic acids is 1. The summed E-state index contributed by atoms with van der Waals surface area (Å²) in [5.74, 6) is -0.449. The molecule has 0 fully saturated rings. The van der Waals surface area contributed by atoms with Gasteiger partial charge in [0.15, 0.2) is 6.61 Å². The van der Waals surface area contributed by atoms with E-state index in [1.54, 1.807) is 6.92 Å². The number of ether oxygens (including phenoxy) is 1. The standard InChI is InChI=1S/C15H21NO4/c1-10-6-11(2)8-13(7-10)20-9-14(17)16-12(3)4-5-15(18)19/h6-8,12H,4-5,9H2,1-3H3,(H,16,17)(H,18,19). The molecule has 0 aliphatic heterocycles. The second kappa shape index (κ2) is 7.53. The molecule has 2 N–H and O–H groups in total. The van der Waals surface area contributed by atoms with E-state index in [9.17, 15) is 9.59 Å². The molecule has 0 saturated carbocycles. The van der Waals surface area contributed by atoms with Gasteiger partial charge in [-0.05, 0) is 50.5 Å². The highest BCUT2D eigenvalue weighted by atomic mass is 16.5. The maximum absolute atomic E-state index is 11.7. The third-order valence-corrected chi connectivity index (χ3v) is 2.76. The zero-order valence-corrected chi connectivity index (χ0v) is 12.1. The number of carboxylic acids is 1. The van der Waals surface area contributed by atoms with Crippen molar-refractivity contribution in [3.8, 4) is 5.75 Å². The molecule has 1 rings (SSSR count). The number of carbonyl (C=O) groups excluding carboxylic acids is 1. The molecule has 1 amide bonds. The van der Waals surface area contributed by atoms with Crippen LogP contribution in [0.15, 0.2) is 18.2 Å². The van der Waals surface area contributed by atoms with Crippen molar-refractivity contribution < 1.29 is 19.4 Å². The Labute approximate surface area is 118 Å². The van der Waals surface area contributed by atoms with Crippen LogP contribution in [0.2, 0.25) is 0 Å². The Bertz CT molecular complexity index is 465. The van der Waals surface area contributed by atoms with Crippen LogP contribution in [0.25, 0.3) is 0 Å². The minimum atomic E-state index is -0.863. The minimum absolute atomic E-state index is 0.0411. The van der Waals surface area contributed by atoms with E-state index in [2.05, 4.69) is 5.32 Å². The van der Waals surface area contributed by atoms with E-state index in [1.807, 2.05) is 32.0 Å². The van der Waals surface area contributed by atoms with Gasteiger partial charge in [-0.15, -0.1) is 0 Å². The van der Waals surface area contributed by atoms with Crippen LogP contribution in [-0.2, 0) is 9.59 Å². The number of benzene rings is 1. The first-order chi connectivity index (χ1) is 9.36. The lowest BCUT2D eigenvalue weighted by Crippen LogP contribution is -2.36. The molecule has 1 atom stereocenters. The summed E-state index contributed by atoms with van der Waals surface area (Å²) in [6.07, 6.45) is 0.448. The number of amides is 1. The summed E-state index contributed by atoms with van der Waals surface area (Å²) in [6.45, 7) is 5.64. The van der Waals surface area contributed by atoms with Gasteiger partial charge in [0.05, 0.1) is 0 Å². The largest absolute Gasteiger partial charge is 0.484 e. The highest BCUT2D eigenvalue weighted by molar-refractivity contribution is 5.77. The van der Waals surface area contributed by atoms with Crippen molar-refractivity contribution in [1.82, 2.24) is 5.32 Å². The lowest BCUT2D eigenvalue weighted by atomic mass is 10.1. The smallest absolute Gasteiger partial charge is 0.303 e. The molecule has 20 heavy (non-hydrogen) atoms. The normalized spacial score (nSPS) is 11.8. The monoisotopic (exact) mass is 279 g/mol. The molecule has 110 valence electrons. The number of nitrogens with one attached hydrogen (secondary N) is 1. The molecular formula is C15H21NO4. The van der Waals surface area contributed by atoms with Crippen molar-refractivity contribution in [3.63, 3.8) is 0 Å². The number of hydrogen-bond donors (Lipinski definition) is 2. The van der Waals surface area contributed by atoms with Gasteiger partial charge < -0.3 is 15.2 Å². The Morgan fingerprint density at radius 3 is 2.40 bits per heavy atom. The Hall–Kier alpha value is -2.04. The van der Waals surface area contributed by atoms with Crippen LogP contribution in [0.4, 0.5) is 0 Å². The molecule has 0 heterocycles. The van der Waals surface area contributed by atoms with E-state index in [0.717, 1.165) is 11.1 Å². The molecule has 0 bridgehead atoms. The zero-order valence-electron chi connectivity index (χ0n) is 12.1. The van der Waals surface area contributed by atoms with Crippen LogP contribution in [0.1, 0.15) is 30.9 Å². The fourth-order valence-corrected chi connectivity index (χ4v) is 1.89. The molecule has 0 spiro atoms. The first-order valence-corrected chi connectivity index (χ1v) is 6.59. The molecule has 1 unspecified atom stereocenters. The lowest BCUT2D eigenvalue weighted by molar-refractivity contribution is -0.137. The summed E-state index contributed by atoms with van der Waals surface area (Å²) < 4.78 is 5.43. The molecule has 1 aromatic rings. The summed E-state index contributed by atoms with van der Waals surface area (Å²) in [4.78, 5) is 22.1. The van der Waals surface area contributed by atoms with Gasteiger partial charge in [0.25, 0.3) is 5.91 Å². The van der Waals surface area contributed by atoms with E-state index in [1.165, 1.54) is 0 Å². The summed E-state index contributed by atoms with van der Waals surface area (Å²) >= 11 is 0. The number of rotatable bonds is 7. The Morgan fingerprint density at radius 2 is 1.85 bits per heavy atom. The van der Waals surface area contributed by atoms with Crippen molar-refractivity contribution in [1.29, 1.82) is 0 Å². The van der Waals surface area contributed by atoms with Crippen LogP contribution in [0, 0.1) is 13.8 Å². The van der Waals surface area contributed by atoms with Crippen molar-refractivity contribution in [3.05, 3.63) is 29.3 Å². The Balaban J connectivity index is 2.37. The van der Waals surface area contributed by atoms with E-state index < -0.39 is 5.97 Å². The number of hydrogen-bond acceptors (Lipinski definition) is 3. The van der Waals surface area contributed by atoms with Crippen molar-refractivity contribution >= 4 is 11.9 Å². The first kappa shape index (κ1) is 16.0. The lowest BCUT2D eigenvalue weighted by Gasteiger charge is -2.13. The molecule has 1 aromatic carbocycles. The van der Waals surface area contributed by atoms with E-state index in [4.69, 9.17) is 9.84 Å². The van der Waals surface area contributed by atoms with Crippen LogP contribution >= 0.6 is 0 Å². The van der Waals surface area contributed by atoms with Crippen LogP contribution in [0.3, 0.4) is 0 Å².